The third kappa shape index (κ3) is 4.31. The van der Waals surface area contributed by atoms with Crippen LogP contribution in [0.15, 0.2) is 35.3 Å². The van der Waals surface area contributed by atoms with Crippen molar-refractivity contribution in [3.05, 3.63) is 58.7 Å². The molecular formula is C19H22F2N2O. The van der Waals surface area contributed by atoms with Gasteiger partial charge in [0, 0.05) is 19.7 Å². The first-order chi connectivity index (χ1) is 11.4. The van der Waals surface area contributed by atoms with Gasteiger partial charge in [-0.2, -0.15) is 0 Å². The van der Waals surface area contributed by atoms with Crippen LogP contribution in [0.5, 0.6) is 5.75 Å². The van der Waals surface area contributed by atoms with Crippen molar-refractivity contribution in [1.29, 1.82) is 0 Å². The van der Waals surface area contributed by atoms with Gasteiger partial charge in [-0.25, -0.2) is 13.8 Å². The highest BCUT2D eigenvalue weighted by atomic mass is 19.2. The van der Waals surface area contributed by atoms with E-state index in [1.165, 1.54) is 6.07 Å². The lowest BCUT2D eigenvalue weighted by molar-refractivity contribution is 0.414. The Morgan fingerprint density at radius 1 is 1.17 bits per heavy atom. The fraction of sp³-hybridized carbons (Fsp3) is 0.316. The number of benzene rings is 2. The normalized spacial score (nSPS) is 11.1. The number of halogens is 2. The van der Waals surface area contributed by atoms with Crippen LogP contribution in [-0.2, 0) is 6.42 Å². The zero-order valence-corrected chi connectivity index (χ0v) is 14.4. The van der Waals surface area contributed by atoms with E-state index in [1.807, 2.05) is 37.9 Å². The maximum absolute atomic E-state index is 13.4. The molecule has 0 saturated carbocycles. The number of aliphatic imine (C=N–C) groups is 1. The topological polar surface area (TPSA) is 24.8 Å². The van der Waals surface area contributed by atoms with Crippen LogP contribution >= 0.6 is 0 Å². The molecule has 0 saturated heterocycles. The van der Waals surface area contributed by atoms with E-state index in [9.17, 15) is 8.78 Å². The molecule has 0 heterocycles. The molecule has 0 bridgehead atoms. The summed E-state index contributed by atoms with van der Waals surface area (Å²) >= 11 is 0. The van der Waals surface area contributed by atoms with Crippen molar-refractivity contribution < 1.29 is 13.5 Å². The molecule has 0 aliphatic carbocycles. The highest BCUT2D eigenvalue weighted by Gasteiger charge is 2.10. The second kappa shape index (κ2) is 7.90. The van der Waals surface area contributed by atoms with E-state index in [0.717, 1.165) is 29.4 Å². The molecule has 24 heavy (non-hydrogen) atoms. The lowest BCUT2D eigenvalue weighted by atomic mass is 9.98. The molecule has 2 rings (SSSR count). The summed E-state index contributed by atoms with van der Waals surface area (Å²) in [7, 11) is 3.54. The summed E-state index contributed by atoms with van der Waals surface area (Å²) in [6.45, 7) is 4.86. The molecule has 0 spiro atoms. The number of hydrogen-bond acceptors (Lipinski definition) is 2. The lowest BCUT2D eigenvalue weighted by Gasteiger charge is -2.13. The molecule has 2 aromatic carbocycles. The molecule has 0 unspecified atom stereocenters. The van der Waals surface area contributed by atoms with Gasteiger partial charge < -0.3 is 9.64 Å². The molecule has 0 N–H and O–H groups in total. The maximum Gasteiger partial charge on any atom is 0.159 e. The Morgan fingerprint density at radius 2 is 1.92 bits per heavy atom. The summed E-state index contributed by atoms with van der Waals surface area (Å²) in [5.74, 6) is -0.991. The first kappa shape index (κ1) is 17.9. The van der Waals surface area contributed by atoms with Crippen LogP contribution < -0.4 is 4.74 Å². The predicted molar refractivity (Wildman–Crippen MR) is 93.4 cm³/mol. The van der Waals surface area contributed by atoms with E-state index in [1.54, 1.807) is 19.5 Å². The Labute approximate surface area is 141 Å². The molecule has 0 radical (unpaired) electrons. The number of nitrogens with zero attached hydrogens (tertiary/aromatic N) is 2. The van der Waals surface area contributed by atoms with Crippen molar-refractivity contribution in [2.24, 2.45) is 4.99 Å². The van der Waals surface area contributed by atoms with Gasteiger partial charge in [-0.15, -0.1) is 0 Å². The lowest BCUT2D eigenvalue weighted by Crippen LogP contribution is -2.14. The van der Waals surface area contributed by atoms with Crippen LogP contribution in [0.2, 0.25) is 0 Å². The molecule has 0 aliphatic rings. The zero-order valence-electron chi connectivity index (χ0n) is 14.4. The van der Waals surface area contributed by atoms with Gasteiger partial charge >= 0.3 is 0 Å². The molecule has 2 aromatic rings. The minimum atomic E-state index is -0.839. The van der Waals surface area contributed by atoms with Crippen LogP contribution in [0.4, 0.5) is 14.5 Å². The quantitative estimate of drug-likeness (QED) is 0.575. The standard InChI is InChI=1S/C19H22F2N2O/c1-5-23(3)12-22-19-11-16(24-4)10-15(13(19)2)8-14-6-7-17(20)18(21)9-14/h6-7,9-12H,5,8H2,1-4H3/b22-12-. The molecule has 5 heteroatoms. The van der Waals surface area contributed by atoms with Crippen LogP contribution in [0.1, 0.15) is 23.6 Å². The van der Waals surface area contributed by atoms with Gasteiger partial charge in [0.25, 0.3) is 0 Å². The van der Waals surface area contributed by atoms with Crippen molar-refractivity contribution in [2.75, 3.05) is 20.7 Å². The fourth-order valence-electron chi connectivity index (χ4n) is 2.28. The van der Waals surface area contributed by atoms with Gasteiger partial charge in [0.05, 0.1) is 19.1 Å². The molecule has 0 aromatic heterocycles. The number of hydrogen-bond donors (Lipinski definition) is 0. The highest BCUT2D eigenvalue weighted by molar-refractivity contribution is 5.65. The van der Waals surface area contributed by atoms with Crippen molar-refractivity contribution >= 4 is 12.0 Å². The van der Waals surface area contributed by atoms with Crippen LogP contribution in [0.3, 0.4) is 0 Å². The van der Waals surface area contributed by atoms with E-state index in [0.29, 0.717) is 17.7 Å². The minimum Gasteiger partial charge on any atom is -0.497 e. The Kier molecular flexibility index (Phi) is 5.90. The van der Waals surface area contributed by atoms with Crippen LogP contribution in [0.25, 0.3) is 0 Å². The van der Waals surface area contributed by atoms with Crippen molar-refractivity contribution in [1.82, 2.24) is 4.90 Å². The zero-order chi connectivity index (χ0) is 17.7. The van der Waals surface area contributed by atoms with Crippen molar-refractivity contribution in [2.45, 2.75) is 20.3 Å². The van der Waals surface area contributed by atoms with E-state index in [-0.39, 0.29) is 0 Å². The minimum absolute atomic E-state index is 0.479. The Morgan fingerprint density at radius 3 is 2.54 bits per heavy atom. The van der Waals surface area contributed by atoms with Gasteiger partial charge in [0.1, 0.15) is 5.75 Å². The van der Waals surface area contributed by atoms with Crippen LogP contribution in [-0.4, -0.2) is 31.9 Å². The van der Waals surface area contributed by atoms with Gasteiger partial charge in [0.15, 0.2) is 11.6 Å². The summed E-state index contributed by atoms with van der Waals surface area (Å²) in [5.41, 5.74) is 3.45. The Hall–Kier alpha value is -2.43. The third-order valence-electron chi connectivity index (χ3n) is 3.97. The van der Waals surface area contributed by atoms with Crippen molar-refractivity contribution in [3.8, 4) is 5.75 Å². The maximum atomic E-state index is 13.4. The summed E-state index contributed by atoms with van der Waals surface area (Å²) in [4.78, 5) is 6.47. The number of ether oxygens (including phenoxy) is 1. The average molecular weight is 332 g/mol. The van der Waals surface area contributed by atoms with Crippen molar-refractivity contribution in [3.63, 3.8) is 0 Å². The third-order valence-corrected chi connectivity index (χ3v) is 3.97. The first-order valence-corrected chi connectivity index (χ1v) is 7.80. The fourth-order valence-corrected chi connectivity index (χ4v) is 2.28. The summed E-state index contributed by atoms with van der Waals surface area (Å²) in [6.07, 6.45) is 2.25. The largest absolute Gasteiger partial charge is 0.497 e. The van der Waals surface area contributed by atoms with E-state index in [2.05, 4.69) is 4.99 Å². The first-order valence-electron chi connectivity index (χ1n) is 7.80. The van der Waals surface area contributed by atoms with Gasteiger partial charge in [-0.3, -0.25) is 0 Å². The molecular weight excluding hydrogens is 310 g/mol. The second-order valence-corrected chi connectivity index (χ2v) is 5.67. The summed E-state index contributed by atoms with van der Waals surface area (Å²) < 4.78 is 31.9. The summed E-state index contributed by atoms with van der Waals surface area (Å²) in [5, 5.41) is 0. The smallest absolute Gasteiger partial charge is 0.159 e. The van der Waals surface area contributed by atoms with E-state index in [4.69, 9.17) is 4.74 Å². The van der Waals surface area contributed by atoms with E-state index >= 15 is 0 Å². The number of methoxy groups -OCH3 is 1. The molecule has 0 aliphatic heterocycles. The Bertz CT molecular complexity index is 744. The van der Waals surface area contributed by atoms with Gasteiger partial charge in [-0.05, 0) is 55.2 Å². The average Bonchev–Trinajstić information content (AvgIpc) is 2.58. The summed E-state index contributed by atoms with van der Waals surface area (Å²) in [6, 6.07) is 7.73. The molecule has 0 atom stereocenters. The monoisotopic (exact) mass is 332 g/mol. The van der Waals surface area contributed by atoms with Gasteiger partial charge in [-0.1, -0.05) is 6.07 Å². The second-order valence-electron chi connectivity index (χ2n) is 5.67. The van der Waals surface area contributed by atoms with Gasteiger partial charge in [0.2, 0.25) is 0 Å². The molecule has 128 valence electrons. The van der Waals surface area contributed by atoms with E-state index < -0.39 is 11.6 Å². The predicted octanol–water partition coefficient (Wildman–Crippen LogP) is 4.48. The Balaban J connectivity index is 2.38. The van der Waals surface area contributed by atoms with Crippen LogP contribution in [0, 0.1) is 18.6 Å². The molecule has 0 fully saturated rings. The SMILES string of the molecule is CCN(C)/C=N\c1cc(OC)cc(Cc2ccc(F)c(F)c2)c1C. The molecule has 0 amide bonds. The number of rotatable bonds is 6. The molecule has 3 nitrogen and oxygen atoms in total. The highest BCUT2D eigenvalue weighted by Crippen LogP contribution is 2.30.